The van der Waals surface area contributed by atoms with Gasteiger partial charge in [-0.25, -0.2) is 0 Å². The molecule has 0 saturated heterocycles. The van der Waals surface area contributed by atoms with Gasteiger partial charge in [0.25, 0.3) is 5.91 Å². The van der Waals surface area contributed by atoms with Crippen LogP contribution >= 0.6 is 0 Å². The van der Waals surface area contributed by atoms with Gasteiger partial charge in [-0.1, -0.05) is 24.3 Å². The van der Waals surface area contributed by atoms with Crippen molar-refractivity contribution in [2.75, 3.05) is 33.0 Å². The summed E-state index contributed by atoms with van der Waals surface area (Å²) < 4.78 is 4.97. The van der Waals surface area contributed by atoms with Crippen LogP contribution in [0, 0.1) is 0 Å². The molecule has 0 radical (unpaired) electrons. The van der Waals surface area contributed by atoms with Crippen LogP contribution in [-0.2, 0) is 4.74 Å². The van der Waals surface area contributed by atoms with Gasteiger partial charge in [-0.3, -0.25) is 4.79 Å². The molecule has 2 aromatic rings. The topological polar surface area (TPSA) is 55.6 Å². The molecule has 0 unspecified atom stereocenters. The van der Waals surface area contributed by atoms with Crippen molar-refractivity contribution in [2.24, 2.45) is 0 Å². The predicted octanol–water partition coefficient (Wildman–Crippen LogP) is 2.14. The molecule has 0 fully saturated rings. The highest BCUT2D eigenvalue weighted by Gasteiger charge is 2.15. The summed E-state index contributed by atoms with van der Waals surface area (Å²) in [7, 11) is 3.36. The molecule has 0 saturated carbocycles. The second kappa shape index (κ2) is 5.71. The van der Waals surface area contributed by atoms with Crippen LogP contribution in [0.2, 0.25) is 0 Å². The second-order valence-corrected chi connectivity index (χ2v) is 4.51. The summed E-state index contributed by atoms with van der Waals surface area (Å²) in [5.41, 5.74) is 7.02. The fourth-order valence-electron chi connectivity index (χ4n) is 1.98. The van der Waals surface area contributed by atoms with Crippen LogP contribution in [0.25, 0.3) is 10.8 Å². The molecule has 1 amide bonds. The van der Waals surface area contributed by atoms with Gasteiger partial charge in [-0.15, -0.1) is 0 Å². The minimum Gasteiger partial charge on any atom is -0.398 e. The number of ether oxygens (including phenoxy) is 1. The molecule has 2 N–H and O–H groups in total. The Morgan fingerprint density at radius 1 is 1.26 bits per heavy atom. The summed E-state index contributed by atoms with van der Waals surface area (Å²) in [4.78, 5) is 13.9. The molecule has 4 heteroatoms. The standard InChI is InChI=1S/C15H18N2O2/c1-17(7-8-19-2)15(18)13-9-11-5-3-4-6-12(11)10-14(13)16/h3-6,9-10H,7-8,16H2,1-2H3. The van der Waals surface area contributed by atoms with Gasteiger partial charge in [0.15, 0.2) is 0 Å². The lowest BCUT2D eigenvalue weighted by molar-refractivity contribution is 0.0745. The van der Waals surface area contributed by atoms with Crippen LogP contribution in [0.15, 0.2) is 36.4 Å². The van der Waals surface area contributed by atoms with E-state index in [0.29, 0.717) is 24.4 Å². The number of nitrogens with two attached hydrogens (primary N) is 1. The Kier molecular flexibility index (Phi) is 4.02. The maximum absolute atomic E-state index is 12.3. The Balaban J connectivity index is 2.33. The lowest BCUT2D eigenvalue weighted by Gasteiger charge is -2.18. The number of nitrogens with zero attached hydrogens (tertiary/aromatic N) is 1. The molecule has 0 aromatic heterocycles. The number of nitrogen functional groups attached to an aromatic ring is 1. The molecule has 0 heterocycles. The second-order valence-electron chi connectivity index (χ2n) is 4.51. The van der Waals surface area contributed by atoms with Crippen molar-refractivity contribution in [1.29, 1.82) is 0 Å². The SMILES string of the molecule is COCCN(C)C(=O)c1cc2ccccc2cc1N. The van der Waals surface area contributed by atoms with Crippen LogP contribution in [0.3, 0.4) is 0 Å². The summed E-state index contributed by atoms with van der Waals surface area (Å²) in [6.45, 7) is 1.05. The van der Waals surface area contributed by atoms with Gasteiger partial charge in [-0.2, -0.15) is 0 Å². The lowest BCUT2D eigenvalue weighted by atomic mass is 10.0. The summed E-state index contributed by atoms with van der Waals surface area (Å²) in [6, 6.07) is 11.5. The van der Waals surface area contributed by atoms with E-state index in [2.05, 4.69) is 0 Å². The van der Waals surface area contributed by atoms with Crippen LogP contribution in [0.1, 0.15) is 10.4 Å². The highest BCUT2D eigenvalue weighted by molar-refractivity contribution is 6.03. The van der Waals surface area contributed by atoms with Crippen LogP contribution < -0.4 is 5.73 Å². The number of methoxy groups -OCH3 is 1. The van der Waals surface area contributed by atoms with Gasteiger partial charge in [0.1, 0.15) is 0 Å². The summed E-state index contributed by atoms with van der Waals surface area (Å²) in [6.07, 6.45) is 0. The van der Waals surface area contributed by atoms with Gasteiger partial charge in [-0.05, 0) is 22.9 Å². The monoisotopic (exact) mass is 258 g/mol. The first-order chi connectivity index (χ1) is 9.13. The first-order valence-corrected chi connectivity index (χ1v) is 6.16. The van der Waals surface area contributed by atoms with E-state index in [1.807, 2.05) is 36.4 Å². The Morgan fingerprint density at radius 3 is 2.53 bits per heavy atom. The zero-order valence-corrected chi connectivity index (χ0v) is 11.2. The Hall–Kier alpha value is -2.07. The minimum atomic E-state index is -0.0831. The average Bonchev–Trinajstić information content (AvgIpc) is 2.43. The molecule has 100 valence electrons. The first kappa shape index (κ1) is 13.4. The molecule has 0 aliphatic rings. The molecule has 0 atom stereocenters. The van der Waals surface area contributed by atoms with E-state index >= 15 is 0 Å². The Morgan fingerprint density at radius 2 is 1.89 bits per heavy atom. The van der Waals surface area contributed by atoms with Gasteiger partial charge < -0.3 is 15.4 Å². The normalized spacial score (nSPS) is 10.6. The number of carbonyl (C=O) groups is 1. The fraction of sp³-hybridized carbons (Fsp3) is 0.267. The predicted molar refractivity (Wildman–Crippen MR) is 77.2 cm³/mol. The third-order valence-electron chi connectivity index (χ3n) is 3.13. The van der Waals surface area contributed by atoms with E-state index in [4.69, 9.17) is 10.5 Å². The Labute approximate surface area is 112 Å². The molecular weight excluding hydrogens is 240 g/mol. The van der Waals surface area contributed by atoms with Crippen molar-refractivity contribution in [2.45, 2.75) is 0 Å². The molecule has 0 bridgehead atoms. The number of amides is 1. The van der Waals surface area contributed by atoms with E-state index in [-0.39, 0.29) is 5.91 Å². The van der Waals surface area contributed by atoms with Crippen molar-refractivity contribution in [3.05, 3.63) is 42.0 Å². The van der Waals surface area contributed by atoms with E-state index in [9.17, 15) is 4.79 Å². The summed E-state index contributed by atoms with van der Waals surface area (Å²) in [5.74, 6) is -0.0831. The van der Waals surface area contributed by atoms with Gasteiger partial charge in [0.2, 0.25) is 0 Å². The maximum atomic E-state index is 12.3. The zero-order valence-electron chi connectivity index (χ0n) is 11.2. The molecule has 2 rings (SSSR count). The first-order valence-electron chi connectivity index (χ1n) is 6.16. The lowest BCUT2D eigenvalue weighted by Crippen LogP contribution is -2.30. The van der Waals surface area contributed by atoms with Crippen molar-refractivity contribution in [1.82, 2.24) is 4.90 Å². The van der Waals surface area contributed by atoms with Gasteiger partial charge in [0.05, 0.1) is 12.2 Å². The number of carbonyl (C=O) groups excluding carboxylic acids is 1. The third kappa shape index (κ3) is 2.85. The molecule has 2 aromatic carbocycles. The average molecular weight is 258 g/mol. The maximum Gasteiger partial charge on any atom is 0.255 e. The fourth-order valence-corrected chi connectivity index (χ4v) is 1.98. The van der Waals surface area contributed by atoms with Crippen LogP contribution in [-0.4, -0.2) is 38.1 Å². The molecule has 19 heavy (non-hydrogen) atoms. The van der Waals surface area contributed by atoms with Crippen molar-refractivity contribution >= 4 is 22.4 Å². The Bertz CT molecular complexity index is 596. The molecular formula is C15H18N2O2. The quantitative estimate of drug-likeness (QED) is 0.855. The van der Waals surface area contributed by atoms with Crippen LogP contribution in [0.4, 0.5) is 5.69 Å². The van der Waals surface area contributed by atoms with Crippen molar-refractivity contribution < 1.29 is 9.53 Å². The number of fused-ring (bicyclic) bond motifs is 1. The number of hydrogen-bond donors (Lipinski definition) is 1. The number of rotatable bonds is 4. The number of benzene rings is 2. The largest absolute Gasteiger partial charge is 0.398 e. The van der Waals surface area contributed by atoms with Gasteiger partial charge >= 0.3 is 0 Å². The van der Waals surface area contributed by atoms with Gasteiger partial charge in [0, 0.05) is 26.4 Å². The molecule has 0 aliphatic carbocycles. The van der Waals surface area contributed by atoms with E-state index in [1.165, 1.54) is 0 Å². The molecule has 4 nitrogen and oxygen atoms in total. The third-order valence-corrected chi connectivity index (χ3v) is 3.13. The smallest absolute Gasteiger partial charge is 0.255 e. The number of hydrogen-bond acceptors (Lipinski definition) is 3. The molecule has 0 aliphatic heterocycles. The minimum absolute atomic E-state index is 0.0831. The van der Waals surface area contributed by atoms with E-state index < -0.39 is 0 Å². The van der Waals surface area contributed by atoms with Crippen LogP contribution in [0.5, 0.6) is 0 Å². The van der Waals surface area contributed by atoms with Crippen molar-refractivity contribution in [3.8, 4) is 0 Å². The van der Waals surface area contributed by atoms with E-state index in [1.54, 1.807) is 19.1 Å². The summed E-state index contributed by atoms with van der Waals surface area (Å²) in [5, 5.41) is 2.05. The summed E-state index contributed by atoms with van der Waals surface area (Å²) >= 11 is 0. The highest BCUT2D eigenvalue weighted by Crippen LogP contribution is 2.22. The molecule has 0 spiro atoms. The number of likely N-dealkylation sites (N-methyl/N-ethyl adjacent to an activating group) is 1. The zero-order chi connectivity index (χ0) is 13.8. The van der Waals surface area contributed by atoms with E-state index in [0.717, 1.165) is 10.8 Å². The number of anilines is 1. The highest BCUT2D eigenvalue weighted by atomic mass is 16.5. The van der Waals surface area contributed by atoms with Crippen molar-refractivity contribution in [3.63, 3.8) is 0 Å².